The predicted octanol–water partition coefficient (Wildman–Crippen LogP) is 2.80. The van der Waals surface area contributed by atoms with E-state index in [1.54, 1.807) is 4.90 Å². The van der Waals surface area contributed by atoms with E-state index < -0.39 is 5.60 Å². The number of aromatic nitrogens is 2. The quantitative estimate of drug-likeness (QED) is 0.770. The number of rotatable bonds is 3. The fourth-order valence-corrected chi connectivity index (χ4v) is 3.78. The highest BCUT2D eigenvalue weighted by molar-refractivity contribution is 5.80. The smallest absolute Gasteiger partial charge is 0.410 e. The van der Waals surface area contributed by atoms with Crippen LogP contribution in [0, 0.1) is 12.8 Å². The highest BCUT2D eigenvalue weighted by Gasteiger charge is 2.35. The number of likely N-dealkylation sites (tertiary alicyclic amines) is 2. The topological polar surface area (TPSA) is 84.9 Å². The number of hydrogen-bond acceptors (Lipinski definition) is 6. The summed E-state index contributed by atoms with van der Waals surface area (Å²) in [6.45, 7) is 9.74. The maximum Gasteiger partial charge on any atom is 0.410 e. The highest BCUT2D eigenvalue weighted by atomic mass is 16.6. The Balaban J connectivity index is 1.56. The molecule has 2 saturated heterocycles. The summed E-state index contributed by atoms with van der Waals surface area (Å²) in [5.74, 6) is 0.402. The summed E-state index contributed by atoms with van der Waals surface area (Å²) < 4.78 is 11.4. The van der Waals surface area contributed by atoms with Gasteiger partial charge in [0.2, 0.25) is 11.8 Å². The van der Waals surface area contributed by atoms with Crippen molar-refractivity contribution in [1.82, 2.24) is 20.0 Å². The molecule has 0 bridgehead atoms. The molecule has 0 aliphatic carbocycles. The Morgan fingerprint density at radius 3 is 2.45 bits per heavy atom. The van der Waals surface area contributed by atoms with Gasteiger partial charge in [0.05, 0.1) is 18.2 Å². The van der Waals surface area contributed by atoms with E-state index in [1.165, 1.54) is 0 Å². The van der Waals surface area contributed by atoms with Crippen molar-refractivity contribution in [3.63, 3.8) is 0 Å². The first-order valence-corrected chi connectivity index (χ1v) is 10.4. The lowest BCUT2D eigenvalue weighted by atomic mass is 9.95. The Kier molecular flexibility index (Phi) is 6.59. The van der Waals surface area contributed by atoms with Gasteiger partial charge in [0.15, 0.2) is 0 Å². The number of amides is 2. The molecule has 8 nitrogen and oxygen atoms in total. The lowest BCUT2D eigenvalue weighted by Crippen LogP contribution is -2.51. The summed E-state index contributed by atoms with van der Waals surface area (Å²) in [7, 11) is 0. The van der Waals surface area contributed by atoms with Gasteiger partial charge in [-0.1, -0.05) is 0 Å². The van der Waals surface area contributed by atoms with Crippen LogP contribution in [0.1, 0.15) is 52.1 Å². The maximum absolute atomic E-state index is 13.1. The minimum Gasteiger partial charge on any atom is -0.471 e. The normalized spacial score (nSPS) is 22.9. The summed E-state index contributed by atoms with van der Waals surface area (Å²) in [5.41, 5.74) is 0.300. The van der Waals surface area contributed by atoms with Crippen molar-refractivity contribution in [2.45, 2.75) is 65.1 Å². The van der Waals surface area contributed by atoms with E-state index in [1.807, 2.05) is 44.7 Å². The third-order valence-corrected chi connectivity index (χ3v) is 5.17. The number of ether oxygens (including phenoxy) is 2. The third-order valence-electron chi connectivity index (χ3n) is 5.17. The Morgan fingerprint density at radius 1 is 1.03 bits per heavy atom. The Labute approximate surface area is 172 Å². The second kappa shape index (κ2) is 8.97. The summed E-state index contributed by atoms with van der Waals surface area (Å²) in [6.07, 6.45) is 2.95. The Morgan fingerprint density at radius 2 is 1.76 bits per heavy atom. The number of piperidine rings is 2. The lowest BCUT2D eigenvalue weighted by Gasteiger charge is -2.38. The van der Waals surface area contributed by atoms with Crippen molar-refractivity contribution in [2.75, 3.05) is 26.2 Å². The fraction of sp³-hybridized carbons (Fsp3) is 0.714. The van der Waals surface area contributed by atoms with Gasteiger partial charge in [0.1, 0.15) is 11.7 Å². The number of aryl methyl sites for hydroxylation is 1. The number of nitrogens with zero attached hydrogens (tertiary/aromatic N) is 4. The molecule has 8 heteroatoms. The van der Waals surface area contributed by atoms with Crippen LogP contribution in [0.25, 0.3) is 0 Å². The maximum atomic E-state index is 13.1. The van der Waals surface area contributed by atoms with Gasteiger partial charge in [-0.3, -0.25) is 4.79 Å². The van der Waals surface area contributed by atoms with E-state index >= 15 is 0 Å². The van der Waals surface area contributed by atoms with Crippen molar-refractivity contribution in [1.29, 1.82) is 0 Å². The zero-order valence-corrected chi connectivity index (χ0v) is 17.9. The van der Waals surface area contributed by atoms with Crippen LogP contribution in [-0.2, 0) is 9.53 Å². The van der Waals surface area contributed by atoms with E-state index in [2.05, 4.69) is 10.2 Å². The summed E-state index contributed by atoms with van der Waals surface area (Å²) in [5, 5.41) is 8.07. The van der Waals surface area contributed by atoms with Gasteiger partial charge in [0.25, 0.3) is 0 Å². The lowest BCUT2D eigenvalue weighted by molar-refractivity contribution is -0.139. The molecular formula is C21H32N4O4. The predicted molar refractivity (Wildman–Crippen MR) is 108 cm³/mol. The monoisotopic (exact) mass is 404 g/mol. The van der Waals surface area contributed by atoms with E-state index in [4.69, 9.17) is 9.47 Å². The molecular weight excluding hydrogens is 372 g/mol. The minimum atomic E-state index is -0.537. The van der Waals surface area contributed by atoms with Gasteiger partial charge < -0.3 is 19.3 Å². The van der Waals surface area contributed by atoms with E-state index in [0.29, 0.717) is 25.5 Å². The van der Waals surface area contributed by atoms with Crippen molar-refractivity contribution in [3.05, 3.63) is 17.8 Å². The molecule has 2 atom stereocenters. The van der Waals surface area contributed by atoms with Crippen LogP contribution >= 0.6 is 0 Å². The number of hydrogen-bond donors (Lipinski definition) is 0. The first-order chi connectivity index (χ1) is 13.7. The summed E-state index contributed by atoms with van der Waals surface area (Å²) >= 11 is 0. The number of carbonyl (C=O) groups is 2. The van der Waals surface area contributed by atoms with E-state index in [9.17, 15) is 9.59 Å². The molecule has 0 spiro atoms. The molecule has 3 rings (SSSR count). The standard InChI is InChI=1S/C21H32N4O4/c1-15-9-10-18(23-22-15)28-17-8-6-11-24(14-17)19(26)16-7-5-12-25(13-16)20(27)29-21(2,3)4/h9-10,16-17H,5-8,11-14H2,1-4H3. The molecule has 2 fully saturated rings. The largest absolute Gasteiger partial charge is 0.471 e. The van der Waals surface area contributed by atoms with Crippen molar-refractivity contribution < 1.29 is 19.1 Å². The van der Waals surface area contributed by atoms with Crippen molar-refractivity contribution in [2.24, 2.45) is 5.92 Å². The average Bonchev–Trinajstić information content (AvgIpc) is 2.68. The van der Waals surface area contributed by atoms with E-state index in [0.717, 1.165) is 37.9 Å². The van der Waals surface area contributed by atoms with Gasteiger partial charge in [-0.2, -0.15) is 5.10 Å². The van der Waals surface area contributed by atoms with Gasteiger partial charge >= 0.3 is 6.09 Å². The van der Waals surface area contributed by atoms with Crippen LogP contribution in [0.15, 0.2) is 12.1 Å². The molecule has 160 valence electrons. The second-order valence-electron chi connectivity index (χ2n) is 8.94. The van der Waals surface area contributed by atoms with Gasteiger partial charge in [-0.15, -0.1) is 5.10 Å². The molecule has 1 aromatic rings. The minimum absolute atomic E-state index is 0.0877. The molecule has 3 heterocycles. The number of carbonyl (C=O) groups excluding carboxylic acids is 2. The molecule has 29 heavy (non-hydrogen) atoms. The first kappa shape index (κ1) is 21.3. The molecule has 0 aromatic carbocycles. The van der Waals surface area contributed by atoms with Crippen LogP contribution in [0.3, 0.4) is 0 Å². The molecule has 1 aromatic heterocycles. The zero-order valence-electron chi connectivity index (χ0n) is 17.9. The van der Waals surface area contributed by atoms with Crippen molar-refractivity contribution in [3.8, 4) is 5.88 Å². The van der Waals surface area contributed by atoms with Crippen LogP contribution in [0.2, 0.25) is 0 Å². The molecule has 2 amide bonds. The van der Waals surface area contributed by atoms with Crippen molar-refractivity contribution >= 4 is 12.0 Å². The third kappa shape index (κ3) is 6.05. The van der Waals surface area contributed by atoms with Crippen LogP contribution in [-0.4, -0.2) is 69.9 Å². The van der Waals surface area contributed by atoms with E-state index in [-0.39, 0.29) is 24.0 Å². The van der Waals surface area contributed by atoms with Crippen LogP contribution in [0.5, 0.6) is 5.88 Å². The summed E-state index contributed by atoms with van der Waals surface area (Å²) in [6, 6.07) is 3.67. The van der Waals surface area contributed by atoms with Crippen LogP contribution < -0.4 is 4.74 Å². The zero-order chi connectivity index (χ0) is 21.0. The molecule has 2 aliphatic heterocycles. The molecule has 0 N–H and O–H groups in total. The first-order valence-electron chi connectivity index (χ1n) is 10.4. The highest BCUT2D eigenvalue weighted by Crippen LogP contribution is 2.24. The molecule has 2 aliphatic rings. The SMILES string of the molecule is Cc1ccc(OC2CCCN(C(=O)C3CCCN(C(=O)OC(C)(C)C)C3)C2)nn1. The summed E-state index contributed by atoms with van der Waals surface area (Å²) in [4.78, 5) is 29.0. The molecule has 0 saturated carbocycles. The Bertz CT molecular complexity index is 716. The van der Waals surface area contributed by atoms with Gasteiger partial charge in [0, 0.05) is 25.7 Å². The van der Waals surface area contributed by atoms with Crippen LogP contribution in [0.4, 0.5) is 4.79 Å². The second-order valence-corrected chi connectivity index (χ2v) is 8.94. The average molecular weight is 405 g/mol. The van der Waals surface area contributed by atoms with Gasteiger partial charge in [-0.05, 0) is 59.4 Å². The van der Waals surface area contributed by atoms with Gasteiger partial charge in [-0.25, -0.2) is 4.79 Å². The molecule has 2 unspecified atom stereocenters. The Hall–Kier alpha value is -2.38. The fourth-order valence-electron chi connectivity index (χ4n) is 3.78. The molecule has 0 radical (unpaired) electrons.